The summed E-state index contributed by atoms with van der Waals surface area (Å²) in [6.07, 6.45) is 0.199. The third-order valence-electron chi connectivity index (χ3n) is 0.939. The van der Waals surface area contributed by atoms with Crippen LogP contribution in [-0.4, -0.2) is 25.0 Å². The molecule has 1 fully saturated rings. The van der Waals surface area contributed by atoms with Crippen molar-refractivity contribution in [1.82, 2.24) is 10.4 Å². The van der Waals surface area contributed by atoms with Gasteiger partial charge in [0.1, 0.15) is 6.23 Å². The minimum atomic E-state index is 0.199. The lowest BCUT2D eigenvalue weighted by Gasteiger charge is -2.03. The van der Waals surface area contributed by atoms with Crippen LogP contribution in [0.25, 0.3) is 0 Å². The van der Waals surface area contributed by atoms with Gasteiger partial charge >= 0.3 is 0 Å². The molecule has 1 rings (SSSR count). The Hall–Kier alpha value is -0.120. The van der Waals surface area contributed by atoms with Gasteiger partial charge in [0.15, 0.2) is 0 Å². The standard InChI is InChI=1S/C4H10N2O/c1-4-5-3-6(2)7-4/h4-5H,3H2,1-2H3. The molecule has 0 radical (unpaired) electrons. The molecule has 0 aromatic heterocycles. The molecule has 0 aromatic rings. The third-order valence-corrected chi connectivity index (χ3v) is 0.939. The first-order chi connectivity index (χ1) is 3.29. The maximum Gasteiger partial charge on any atom is 0.128 e. The van der Waals surface area contributed by atoms with Crippen molar-refractivity contribution >= 4 is 0 Å². The molecule has 0 amide bonds. The van der Waals surface area contributed by atoms with Gasteiger partial charge in [-0.15, -0.1) is 0 Å². The first kappa shape index (κ1) is 5.03. The summed E-state index contributed by atoms with van der Waals surface area (Å²) in [5, 5.41) is 4.84. The first-order valence-corrected chi connectivity index (χ1v) is 2.40. The highest BCUT2D eigenvalue weighted by molar-refractivity contribution is 4.49. The largest absolute Gasteiger partial charge is 0.279 e. The molecule has 3 heteroatoms. The summed E-state index contributed by atoms with van der Waals surface area (Å²) in [6.45, 7) is 2.81. The lowest BCUT2D eigenvalue weighted by molar-refractivity contribution is -0.121. The van der Waals surface area contributed by atoms with E-state index in [1.165, 1.54) is 0 Å². The second-order valence-corrected chi connectivity index (χ2v) is 1.74. The van der Waals surface area contributed by atoms with Gasteiger partial charge < -0.3 is 0 Å². The minimum absolute atomic E-state index is 0.199. The Bertz CT molecular complexity index is 58.7. The molecule has 0 saturated carbocycles. The highest BCUT2D eigenvalue weighted by atomic mass is 16.7. The Morgan fingerprint density at radius 3 is 2.71 bits per heavy atom. The van der Waals surface area contributed by atoms with E-state index in [1.807, 2.05) is 14.0 Å². The fourth-order valence-electron chi connectivity index (χ4n) is 0.602. The van der Waals surface area contributed by atoms with Crippen molar-refractivity contribution in [3.63, 3.8) is 0 Å². The van der Waals surface area contributed by atoms with E-state index in [-0.39, 0.29) is 6.23 Å². The lowest BCUT2D eigenvalue weighted by Crippen LogP contribution is -2.18. The van der Waals surface area contributed by atoms with Crippen LogP contribution in [-0.2, 0) is 4.84 Å². The maximum absolute atomic E-state index is 5.08. The van der Waals surface area contributed by atoms with Crippen LogP contribution in [0.15, 0.2) is 0 Å². The highest BCUT2D eigenvalue weighted by Crippen LogP contribution is 1.96. The van der Waals surface area contributed by atoms with Crippen LogP contribution < -0.4 is 5.32 Å². The molecular formula is C4H10N2O. The maximum atomic E-state index is 5.08. The van der Waals surface area contributed by atoms with Crippen molar-refractivity contribution in [3.8, 4) is 0 Å². The molecule has 1 atom stereocenters. The summed E-state index contributed by atoms with van der Waals surface area (Å²) in [5.41, 5.74) is 0. The van der Waals surface area contributed by atoms with E-state index in [1.54, 1.807) is 5.06 Å². The Morgan fingerprint density at radius 2 is 2.57 bits per heavy atom. The van der Waals surface area contributed by atoms with Crippen molar-refractivity contribution in [1.29, 1.82) is 0 Å². The minimum Gasteiger partial charge on any atom is -0.279 e. The van der Waals surface area contributed by atoms with Crippen molar-refractivity contribution in [2.75, 3.05) is 13.7 Å². The molecule has 7 heavy (non-hydrogen) atoms. The van der Waals surface area contributed by atoms with E-state index in [4.69, 9.17) is 4.84 Å². The van der Waals surface area contributed by atoms with E-state index in [0.29, 0.717) is 0 Å². The van der Waals surface area contributed by atoms with Gasteiger partial charge in [-0.25, -0.2) is 0 Å². The van der Waals surface area contributed by atoms with E-state index >= 15 is 0 Å². The highest BCUT2D eigenvalue weighted by Gasteiger charge is 2.12. The summed E-state index contributed by atoms with van der Waals surface area (Å²) in [5.74, 6) is 0. The molecule has 1 heterocycles. The van der Waals surface area contributed by atoms with Gasteiger partial charge in [-0.1, -0.05) is 0 Å². The topological polar surface area (TPSA) is 24.5 Å². The van der Waals surface area contributed by atoms with Crippen LogP contribution in [0, 0.1) is 0 Å². The van der Waals surface area contributed by atoms with E-state index in [2.05, 4.69) is 5.32 Å². The number of nitrogens with zero attached hydrogens (tertiary/aromatic N) is 1. The Labute approximate surface area is 43.2 Å². The van der Waals surface area contributed by atoms with E-state index < -0.39 is 0 Å². The van der Waals surface area contributed by atoms with Crippen LogP contribution in [0.5, 0.6) is 0 Å². The molecule has 0 bridgehead atoms. The summed E-state index contributed by atoms with van der Waals surface area (Å²) >= 11 is 0. The Kier molecular flexibility index (Phi) is 1.27. The van der Waals surface area contributed by atoms with Crippen molar-refractivity contribution in [2.45, 2.75) is 13.2 Å². The monoisotopic (exact) mass is 102 g/mol. The number of hydroxylamine groups is 2. The van der Waals surface area contributed by atoms with Gasteiger partial charge in [0.2, 0.25) is 0 Å². The van der Waals surface area contributed by atoms with Gasteiger partial charge in [-0.2, -0.15) is 5.06 Å². The molecule has 0 spiro atoms. The summed E-state index contributed by atoms with van der Waals surface area (Å²) in [7, 11) is 1.90. The average molecular weight is 102 g/mol. The Balaban J connectivity index is 2.26. The molecule has 42 valence electrons. The Morgan fingerprint density at radius 1 is 1.86 bits per heavy atom. The number of hydrogen-bond donors (Lipinski definition) is 1. The zero-order valence-corrected chi connectivity index (χ0v) is 4.64. The normalized spacial score (nSPS) is 34.3. The molecule has 0 aromatic carbocycles. The molecule has 0 aliphatic carbocycles. The third kappa shape index (κ3) is 1.12. The number of rotatable bonds is 0. The molecular weight excluding hydrogens is 92.1 g/mol. The van der Waals surface area contributed by atoms with Gasteiger partial charge in [-0.3, -0.25) is 10.2 Å². The van der Waals surface area contributed by atoms with Gasteiger partial charge in [0.05, 0.1) is 6.67 Å². The number of hydrogen-bond acceptors (Lipinski definition) is 3. The summed E-state index contributed by atoms with van der Waals surface area (Å²) in [6, 6.07) is 0. The van der Waals surface area contributed by atoms with Crippen LogP contribution >= 0.6 is 0 Å². The number of nitrogens with one attached hydrogen (secondary N) is 1. The van der Waals surface area contributed by atoms with Crippen LogP contribution in [0.3, 0.4) is 0 Å². The molecule has 1 aliphatic heterocycles. The fraction of sp³-hybridized carbons (Fsp3) is 1.00. The smallest absolute Gasteiger partial charge is 0.128 e. The molecule has 1 saturated heterocycles. The predicted octanol–water partition coefficient (Wildman–Crippen LogP) is -0.244. The van der Waals surface area contributed by atoms with Crippen LogP contribution in [0.2, 0.25) is 0 Å². The summed E-state index contributed by atoms with van der Waals surface area (Å²) in [4.78, 5) is 5.08. The molecule has 1 N–H and O–H groups in total. The van der Waals surface area contributed by atoms with Crippen LogP contribution in [0.1, 0.15) is 6.92 Å². The van der Waals surface area contributed by atoms with Gasteiger partial charge in [0.25, 0.3) is 0 Å². The second kappa shape index (κ2) is 1.78. The quantitative estimate of drug-likeness (QED) is 0.456. The average Bonchev–Trinajstić information content (AvgIpc) is 1.87. The van der Waals surface area contributed by atoms with Crippen molar-refractivity contribution < 1.29 is 4.84 Å². The zero-order chi connectivity index (χ0) is 5.28. The predicted molar refractivity (Wildman–Crippen MR) is 26.3 cm³/mol. The SMILES string of the molecule is CC1NCN(C)O1. The molecule has 1 aliphatic rings. The van der Waals surface area contributed by atoms with Crippen LogP contribution in [0.4, 0.5) is 0 Å². The van der Waals surface area contributed by atoms with Gasteiger partial charge in [-0.05, 0) is 6.92 Å². The lowest BCUT2D eigenvalue weighted by atomic mass is 10.7. The van der Waals surface area contributed by atoms with Crippen molar-refractivity contribution in [3.05, 3.63) is 0 Å². The molecule has 1 unspecified atom stereocenters. The molecule has 3 nitrogen and oxygen atoms in total. The van der Waals surface area contributed by atoms with Crippen molar-refractivity contribution in [2.24, 2.45) is 0 Å². The summed E-state index contributed by atoms with van der Waals surface area (Å²) < 4.78 is 0. The van der Waals surface area contributed by atoms with E-state index in [0.717, 1.165) is 6.67 Å². The first-order valence-electron chi connectivity index (χ1n) is 2.40. The second-order valence-electron chi connectivity index (χ2n) is 1.74. The zero-order valence-electron chi connectivity index (χ0n) is 4.64. The van der Waals surface area contributed by atoms with E-state index in [9.17, 15) is 0 Å². The van der Waals surface area contributed by atoms with Gasteiger partial charge in [0, 0.05) is 7.05 Å². The fourth-order valence-corrected chi connectivity index (χ4v) is 0.602.